The van der Waals surface area contributed by atoms with Gasteiger partial charge in [-0.2, -0.15) is 0 Å². The Hall–Kier alpha value is -4.57. The summed E-state index contributed by atoms with van der Waals surface area (Å²) in [4.78, 5) is 53.0. The maximum atomic E-state index is 14.7. The van der Waals surface area contributed by atoms with Crippen LogP contribution in [0.25, 0.3) is 22.3 Å². The van der Waals surface area contributed by atoms with Gasteiger partial charge in [0.15, 0.2) is 10.9 Å². The number of carboxylic acid groups (broad SMARTS) is 1. The van der Waals surface area contributed by atoms with Crippen molar-refractivity contribution in [2.75, 3.05) is 11.9 Å². The number of nitrogens with one attached hydrogen (secondary N) is 1. The molecule has 4 aromatic rings. The minimum atomic E-state index is -1.12. The molecule has 4 heterocycles. The number of ketones is 1. The number of aromatic nitrogens is 2. The normalized spacial score (nSPS) is 26.0. The Balaban J connectivity index is 1.22. The van der Waals surface area contributed by atoms with Crippen LogP contribution in [0.2, 0.25) is 0 Å². The molecule has 0 bridgehead atoms. The largest absolute Gasteiger partial charge is 0.488 e. The highest BCUT2D eigenvalue weighted by Gasteiger charge is 2.61. The summed E-state index contributed by atoms with van der Waals surface area (Å²) in [6.07, 6.45) is 9.30. The molecule has 2 aliphatic heterocycles. The molecule has 0 unspecified atom stereocenters. The zero-order chi connectivity index (χ0) is 36.4. The summed E-state index contributed by atoms with van der Waals surface area (Å²) in [6.45, 7) is 6.41. The molecule has 1 amide bonds. The molecule has 10 heteroatoms. The predicted octanol–water partition coefficient (Wildman–Crippen LogP) is 8.26. The van der Waals surface area contributed by atoms with E-state index in [1.807, 2.05) is 73.0 Å². The van der Waals surface area contributed by atoms with Crippen molar-refractivity contribution in [1.29, 1.82) is 0 Å². The van der Waals surface area contributed by atoms with Crippen LogP contribution in [0.15, 0.2) is 72.1 Å². The van der Waals surface area contributed by atoms with Gasteiger partial charge in [-0.1, -0.05) is 61.4 Å². The first kappa shape index (κ1) is 35.8. The van der Waals surface area contributed by atoms with Crippen LogP contribution in [0.5, 0.6) is 5.75 Å². The molecule has 9 nitrogen and oxygen atoms in total. The van der Waals surface area contributed by atoms with Gasteiger partial charge >= 0.3 is 5.97 Å². The SMILES string of the molecule is Cc1ccc2c(O[C@@H]3C[C@H]4C(=O)C[C@]5(C(=O)O)C[C@@H]5/C=C\CCCCC[C@H](Cc5ccccc5)C(=O)N4C3)cc(-c3csc(NC(C)C)n3)nc2c1. The average Bonchev–Trinajstić information content (AvgIpc) is 3.39. The number of fused-ring (bicyclic) bond motifs is 3. The molecule has 2 aromatic carbocycles. The van der Waals surface area contributed by atoms with Gasteiger partial charge in [-0.15, -0.1) is 11.3 Å². The number of thiazole rings is 1. The van der Waals surface area contributed by atoms with E-state index in [1.54, 1.807) is 4.90 Å². The number of nitrogens with zero attached hydrogens (tertiary/aromatic N) is 3. The number of anilines is 1. The molecule has 2 N–H and O–H groups in total. The van der Waals surface area contributed by atoms with Gasteiger partial charge in [0.05, 0.1) is 29.2 Å². The highest BCUT2D eigenvalue weighted by Crippen LogP contribution is 2.57. The molecule has 7 rings (SSSR count). The van der Waals surface area contributed by atoms with Gasteiger partial charge < -0.3 is 20.1 Å². The Labute approximate surface area is 309 Å². The summed E-state index contributed by atoms with van der Waals surface area (Å²) in [5.74, 6) is -1.04. The fraction of sp³-hybridized carbons (Fsp3) is 0.452. The van der Waals surface area contributed by atoms with Crippen LogP contribution in [0.1, 0.15) is 76.3 Å². The number of carbonyl (C=O) groups is 3. The predicted molar refractivity (Wildman–Crippen MR) is 205 cm³/mol. The molecule has 3 aliphatic rings. The third-order valence-corrected chi connectivity index (χ3v) is 11.6. The molecule has 2 aromatic heterocycles. The Bertz CT molecular complexity index is 1980. The van der Waals surface area contributed by atoms with E-state index in [2.05, 4.69) is 25.2 Å². The molecule has 1 saturated heterocycles. The number of hydrogen-bond donors (Lipinski definition) is 2. The van der Waals surface area contributed by atoms with Crippen LogP contribution in [-0.2, 0) is 20.8 Å². The minimum absolute atomic E-state index is 0.0541. The lowest BCUT2D eigenvalue weighted by atomic mass is 9.90. The van der Waals surface area contributed by atoms with Crippen LogP contribution in [0, 0.1) is 24.2 Å². The van der Waals surface area contributed by atoms with E-state index in [0.717, 1.165) is 65.0 Å². The van der Waals surface area contributed by atoms with E-state index in [9.17, 15) is 19.5 Å². The van der Waals surface area contributed by atoms with Gasteiger partial charge in [0, 0.05) is 41.6 Å². The van der Waals surface area contributed by atoms with Crippen molar-refractivity contribution in [1.82, 2.24) is 14.9 Å². The van der Waals surface area contributed by atoms with Crippen LogP contribution >= 0.6 is 11.3 Å². The molecule has 2 fully saturated rings. The number of Topliss-reactive ketones (excluding diaryl/α,β-unsaturated/α-hetero) is 1. The zero-order valence-electron chi connectivity index (χ0n) is 30.2. The number of hydrogen-bond acceptors (Lipinski definition) is 8. The van der Waals surface area contributed by atoms with E-state index in [-0.39, 0.29) is 42.5 Å². The van der Waals surface area contributed by atoms with Crippen molar-refractivity contribution in [3.05, 3.63) is 83.3 Å². The summed E-state index contributed by atoms with van der Waals surface area (Å²) in [5, 5.41) is 17.3. The molecule has 5 atom stereocenters. The van der Waals surface area contributed by atoms with Gasteiger partial charge in [-0.3, -0.25) is 14.4 Å². The smallest absolute Gasteiger partial charge is 0.310 e. The maximum absolute atomic E-state index is 14.7. The van der Waals surface area contributed by atoms with E-state index >= 15 is 0 Å². The number of aliphatic carboxylic acids is 1. The number of benzene rings is 2. The maximum Gasteiger partial charge on any atom is 0.310 e. The molecule has 1 saturated carbocycles. The van der Waals surface area contributed by atoms with Crippen molar-refractivity contribution >= 4 is 45.0 Å². The van der Waals surface area contributed by atoms with Crippen molar-refractivity contribution in [3.63, 3.8) is 0 Å². The molecule has 0 spiro atoms. The Morgan fingerprint density at radius 3 is 2.69 bits per heavy atom. The second-order valence-electron chi connectivity index (χ2n) is 15.2. The van der Waals surface area contributed by atoms with Crippen molar-refractivity contribution in [2.45, 2.75) is 96.7 Å². The summed E-state index contributed by atoms with van der Waals surface area (Å²) >= 11 is 1.52. The summed E-state index contributed by atoms with van der Waals surface area (Å²) in [5.41, 5.74) is 3.23. The van der Waals surface area contributed by atoms with Crippen molar-refractivity contribution < 1.29 is 24.2 Å². The third kappa shape index (κ3) is 7.77. The Kier molecular flexibility index (Phi) is 10.5. The monoisotopic (exact) mass is 720 g/mol. The van der Waals surface area contributed by atoms with Gasteiger partial charge in [0.1, 0.15) is 17.5 Å². The number of allylic oxidation sites excluding steroid dienone is 2. The minimum Gasteiger partial charge on any atom is -0.488 e. The van der Waals surface area contributed by atoms with Crippen LogP contribution in [0.3, 0.4) is 0 Å². The van der Waals surface area contributed by atoms with E-state index < -0.39 is 23.5 Å². The van der Waals surface area contributed by atoms with Crippen LogP contribution < -0.4 is 10.1 Å². The Morgan fingerprint density at radius 2 is 1.90 bits per heavy atom. The van der Waals surface area contributed by atoms with Crippen molar-refractivity contribution in [2.24, 2.45) is 17.3 Å². The third-order valence-electron chi connectivity index (χ3n) is 10.8. The van der Waals surface area contributed by atoms with Crippen LogP contribution in [-0.4, -0.2) is 62.4 Å². The number of amides is 1. The highest BCUT2D eigenvalue weighted by molar-refractivity contribution is 7.14. The number of aryl methyl sites for hydroxylation is 1. The molecule has 272 valence electrons. The molecule has 1 aliphatic carbocycles. The lowest BCUT2D eigenvalue weighted by Gasteiger charge is -2.29. The highest BCUT2D eigenvalue weighted by atomic mass is 32.1. The molecule has 52 heavy (non-hydrogen) atoms. The number of rotatable bonds is 8. The lowest BCUT2D eigenvalue weighted by molar-refractivity contribution is -0.147. The fourth-order valence-electron chi connectivity index (χ4n) is 7.93. The second-order valence-corrected chi connectivity index (χ2v) is 16.1. The number of ether oxygens (including phenoxy) is 1. The lowest BCUT2D eigenvalue weighted by Crippen LogP contribution is -2.45. The van der Waals surface area contributed by atoms with E-state index in [4.69, 9.17) is 14.7 Å². The first-order valence-corrected chi connectivity index (χ1v) is 19.6. The topological polar surface area (TPSA) is 122 Å². The molecular weight excluding hydrogens is 673 g/mol. The van der Waals surface area contributed by atoms with Gasteiger partial charge in [-0.25, -0.2) is 9.97 Å². The van der Waals surface area contributed by atoms with E-state index in [0.29, 0.717) is 30.7 Å². The first-order chi connectivity index (χ1) is 25.1. The van der Waals surface area contributed by atoms with Crippen molar-refractivity contribution in [3.8, 4) is 17.1 Å². The summed E-state index contributed by atoms with van der Waals surface area (Å²) in [7, 11) is 0. The first-order valence-electron chi connectivity index (χ1n) is 18.7. The van der Waals surface area contributed by atoms with Gasteiger partial charge in [0.2, 0.25) is 5.91 Å². The summed E-state index contributed by atoms with van der Waals surface area (Å²) in [6, 6.07) is 17.5. The number of carbonyl (C=O) groups excluding carboxylic acids is 2. The average molecular weight is 721 g/mol. The Morgan fingerprint density at radius 1 is 1.08 bits per heavy atom. The number of carboxylic acids is 1. The second kappa shape index (κ2) is 15.2. The molecular formula is C42H48N4O5S. The number of pyridine rings is 1. The summed E-state index contributed by atoms with van der Waals surface area (Å²) < 4.78 is 6.81. The van der Waals surface area contributed by atoms with Gasteiger partial charge in [-0.05, 0) is 82.1 Å². The fourth-order valence-corrected chi connectivity index (χ4v) is 8.78. The quantitative estimate of drug-likeness (QED) is 0.175. The standard InChI is InChI=1S/C42H48N4O5S/c1-26(2)43-41-45-35(25-52-41)34-21-38(32-17-16-27(3)18-33(32)44-34)51-31-20-36-37(47)23-42(40(49)50)22-30(42)15-11-6-4-5-10-14-29(39(48)46(36)24-31)19-28-12-8-7-9-13-28/h7-9,11-13,15-18,21,25-26,29-31,36H,4-6,10,14,19-20,22-24H2,1-3H3,(H,43,45)(H,49,50)/b15-11-/t29-,30+,31-,36+,42-/m1/s1. The van der Waals surface area contributed by atoms with Crippen LogP contribution in [0.4, 0.5) is 5.13 Å². The van der Waals surface area contributed by atoms with Gasteiger partial charge in [0.25, 0.3) is 0 Å². The van der Waals surface area contributed by atoms with E-state index in [1.165, 1.54) is 11.3 Å². The molecule has 0 radical (unpaired) electrons. The zero-order valence-corrected chi connectivity index (χ0v) is 31.0.